The molecule has 6 heteroatoms. The Bertz CT molecular complexity index is 414. The van der Waals surface area contributed by atoms with Crippen LogP contribution in [0.3, 0.4) is 0 Å². The molecular formula is C8H4Cl2O4. The van der Waals surface area contributed by atoms with E-state index in [1.54, 1.807) is 0 Å². The second-order valence-corrected chi connectivity index (χ2v) is 3.22. The zero-order valence-electron chi connectivity index (χ0n) is 6.62. The maximum atomic E-state index is 10.6. The SMILES string of the molecule is O=C(O)c1cc(Cl)c(Cl)c(C(=O)O)c1. The van der Waals surface area contributed by atoms with E-state index in [2.05, 4.69) is 0 Å². The van der Waals surface area contributed by atoms with E-state index in [4.69, 9.17) is 33.4 Å². The second kappa shape index (κ2) is 3.86. The standard InChI is InChI=1S/C8H4Cl2O4/c9-5-2-3(7(11)12)1-4(6(5)10)8(13)14/h1-2H,(H,11,12)(H,13,14). The van der Waals surface area contributed by atoms with Crippen molar-refractivity contribution in [2.24, 2.45) is 0 Å². The van der Waals surface area contributed by atoms with Crippen LogP contribution in [-0.4, -0.2) is 22.2 Å². The molecule has 0 bridgehead atoms. The molecule has 0 saturated carbocycles. The summed E-state index contributed by atoms with van der Waals surface area (Å²) in [5.41, 5.74) is -0.534. The van der Waals surface area contributed by atoms with Gasteiger partial charge in [-0.3, -0.25) is 0 Å². The summed E-state index contributed by atoms with van der Waals surface area (Å²) in [6.07, 6.45) is 0. The molecule has 0 heterocycles. The van der Waals surface area contributed by atoms with Gasteiger partial charge in [0.25, 0.3) is 0 Å². The van der Waals surface area contributed by atoms with E-state index in [1.165, 1.54) is 0 Å². The highest BCUT2D eigenvalue weighted by Gasteiger charge is 2.16. The quantitative estimate of drug-likeness (QED) is 0.825. The Morgan fingerprint density at radius 3 is 2.07 bits per heavy atom. The van der Waals surface area contributed by atoms with Crippen molar-refractivity contribution in [1.82, 2.24) is 0 Å². The van der Waals surface area contributed by atoms with Crippen LogP contribution in [0.25, 0.3) is 0 Å². The summed E-state index contributed by atoms with van der Waals surface area (Å²) >= 11 is 11.1. The maximum absolute atomic E-state index is 10.6. The highest BCUT2D eigenvalue weighted by Crippen LogP contribution is 2.27. The second-order valence-electron chi connectivity index (χ2n) is 2.43. The first-order valence-electron chi connectivity index (χ1n) is 3.39. The Labute approximate surface area is 88.7 Å². The van der Waals surface area contributed by atoms with E-state index >= 15 is 0 Å². The molecule has 74 valence electrons. The zero-order chi connectivity index (χ0) is 10.9. The molecule has 0 radical (unpaired) electrons. The van der Waals surface area contributed by atoms with Gasteiger partial charge in [0.15, 0.2) is 0 Å². The highest BCUT2D eigenvalue weighted by atomic mass is 35.5. The van der Waals surface area contributed by atoms with Crippen LogP contribution in [0.2, 0.25) is 10.0 Å². The van der Waals surface area contributed by atoms with Crippen LogP contribution in [0.1, 0.15) is 20.7 Å². The number of carboxylic acid groups (broad SMARTS) is 2. The highest BCUT2D eigenvalue weighted by molar-refractivity contribution is 6.44. The van der Waals surface area contributed by atoms with Gasteiger partial charge in [-0.05, 0) is 12.1 Å². The lowest BCUT2D eigenvalue weighted by molar-refractivity contribution is 0.0696. The third-order valence-electron chi connectivity index (χ3n) is 1.51. The van der Waals surface area contributed by atoms with Crippen molar-refractivity contribution in [2.75, 3.05) is 0 Å². The number of halogens is 2. The zero-order valence-corrected chi connectivity index (χ0v) is 8.13. The van der Waals surface area contributed by atoms with Gasteiger partial charge in [-0.15, -0.1) is 0 Å². The van der Waals surface area contributed by atoms with Gasteiger partial charge in [0.2, 0.25) is 0 Å². The van der Waals surface area contributed by atoms with Crippen LogP contribution < -0.4 is 0 Å². The number of hydrogen-bond acceptors (Lipinski definition) is 2. The van der Waals surface area contributed by atoms with Crippen LogP contribution in [0, 0.1) is 0 Å². The molecule has 0 aliphatic carbocycles. The van der Waals surface area contributed by atoms with Gasteiger partial charge >= 0.3 is 11.9 Å². The Morgan fingerprint density at radius 2 is 1.64 bits per heavy atom. The summed E-state index contributed by atoms with van der Waals surface area (Å²) in [6.45, 7) is 0. The molecule has 0 fully saturated rings. The molecule has 1 aromatic carbocycles. The average Bonchev–Trinajstić information content (AvgIpc) is 2.08. The van der Waals surface area contributed by atoms with Gasteiger partial charge in [0, 0.05) is 0 Å². The third-order valence-corrected chi connectivity index (χ3v) is 2.31. The third kappa shape index (κ3) is 1.97. The van der Waals surface area contributed by atoms with Crippen LogP contribution >= 0.6 is 23.2 Å². The molecule has 0 spiro atoms. The first-order chi connectivity index (χ1) is 6.43. The average molecular weight is 235 g/mol. The number of carbonyl (C=O) groups is 2. The number of rotatable bonds is 2. The first kappa shape index (κ1) is 10.8. The van der Waals surface area contributed by atoms with Crippen molar-refractivity contribution >= 4 is 35.1 Å². The number of hydrogen-bond donors (Lipinski definition) is 2. The molecule has 0 aromatic heterocycles. The van der Waals surface area contributed by atoms with Crippen molar-refractivity contribution in [2.45, 2.75) is 0 Å². The minimum absolute atomic E-state index is 0.0935. The topological polar surface area (TPSA) is 74.6 Å². The molecule has 2 N–H and O–H groups in total. The molecule has 0 saturated heterocycles. The molecule has 0 amide bonds. The Kier molecular flexibility index (Phi) is 2.98. The van der Waals surface area contributed by atoms with Gasteiger partial charge in [-0.25, -0.2) is 9.59 Å². The number of benzene rings is 1. The van der Waals surface area contributed by atoms with E-state index in [9.17, 15) is 9.59 Å². The van der Waals surface area contributed by atoms with Gasteiger partial charge < -0.3 is 10.2 Å². The van der Waals surface area contributed by atoms with Gasteiger partial charge in [0.1, 0.15) is 0 Å². The molecular weight excluding hydrogens is 231 g/mol. The van der Waals surface area contributed by atoms with Crippen molar-refractivity contribution < 1.29 is 19.8 Å². The van der Waals surface area contributed by atoms with Crippen molar-refractivity contribution in [3.05, 3.63) is 33.3 Å². The van der Waals surface area contributed by atoms with E-state index in [0.717, 1.165) is 12.1 Å². The fourth-order valence-corrected chi connectivity index (χ4v) is 1.28. The van der Waals surface area contributed by atoms with Crippen LogP contribution in [0.5, 0.6) is 0 Å². The summed E-state index contributed by atoms with van der Waals surface area (Å²) in [4.78, 5) is 21.2. The first-order valence-corrected chi connectivity index (χ1v) is 4.14. The summed E-state index contributed by atoms with van der Waals surface area (Å²) < 4.78 is 0. The predicted octanol–water partition coefficient (Wildman–Crippen LogP) is 2.39. The van der Waals surface area contributed by atoms with Gasteiger partial charge in [-0.2, -0.15) is 0 Å². The van der Waals surface area contributed by atoms with Crippen LogP contribution in [-0.2, 0) is 0 Å². The molecule has 1 aromatic rings. The van der Waals surface area contributed by atoms with Gasteiger partial charge in [0.05, 0.1) is 21.2 Å². The normalized spacial score (nSPS) is 9.86. The summed E-state index contributed by atoms with van der Waals surface area (Å²) in [7, 11) is 0. The lowest BCUT2D eigenvalue weighted by atomic mass is 10.1. The molecule has 0 atom stereocenters. The maximum Gasteiger partial charge on any atom is 0.337 e. The lowest BCUT2D eigenvalue weighted by Gasteiger charge is -2.02. The van der Waals surface area contributed by atoms with Crippen LogP contribution in [0.4, 0.5) is 0 Å². The Morgan fingerprint density at radius 1 is 1.07 bits per heavy atom. The van der Waals surface area contributed by atoms with Crippen molar-refractivity contribution in [3.63, 3.8) is 0 Å². The van der Waals surface area contributed by atoms with Gasteiger partial charge in [-0.1, -0.05) is 23.2 Å². The molecule has 0 unspecified atom stereocenters. The summed E-state index contributed by atoms with van der Waals surface area (Å²) in [5, 5.41) is 17.0. The fraction of sp³-hybridized carbons (Fsp3) is 0. The molecule has 0 aliphatic heterocycles. The Hall–Kier alpha value is -1.26. The van der Waals surface area contributed by atoms with E-state index in [-0.39, 0.29) is 21.2 Å². The van der Waals surface area contributed by atoms with Crippen molar-refractivity contribution in [1.29, 1.82) is 0 Å². The smallest absolute Gasteiger partial charge is 0.337 e. The number of carboxylic acids is 2. The molecule has 14 heavy (non-hydrogen) atoms. The van der Waals surface area contributed by atoms with E-state index < -0.39 is 11.9 Å². The summed E-state index contributed by atoms with van der Waals surface area (Å²) in [6, 6.07) is 2.05. The minimum atomic E-state index is -1.32. The Balaban J connectivity index is 3.43. The summed E-state index contributed by atoms with van der Waals surface area (Å²) in [5.74, 6) is -2.58. The predicted molar refractivity (Wildman–Crippen MR) is 50.4 cm³/mol. The largest absolute Gasteiger partial charge is 0.478 e. The number of aromatic carboxylic acids is 2. The lowest BCUT2D eigenvalue weighted by Crippen LogP contribution is -2.03. The minimum Gasteiger partial charge on any atom is -0.478 e. The van der Waals surface area contributed by atoms with E-state index in [0.29, 0.717) is 0 Å². The van der Waals surface area contributed by atoms with Crippen molar-refractivity contribution in [3.8, 4) is 0 Å². The molecule has 0 aliphatic rings. The fourth-order valence-electron chi connectivity index (χ4n) is 0.868. The van der Waals surface area contributed by atoms with Crippen LogP contribution in [0.15, 0.2) is 12.1 Å². The molecule has 4 nitrogen and oxygen atoms in total. The monoisotopic (exact) mass is 234 g/mol. The van der Waals surface area contributed by atoms with E-state index in [1.807, 2.05) is 0 Å². The molecule has 1 rings (SSSR count).